The summed E-state index contributed by atoms with van der Waals surface area (Å²) < 4.78 is 4.41. The molecular formula is C11H14O5. The van der Waals surface area contributed by atoms with Gasteiger partial charge in [0.05, 0.1) is 11.3 Å². The van der Waals surface area contributed by atoms with Crippen LogP contribution in [-0.4, -0.2) is 28.6 Å². The zero-order valence-corrected chi connectivity index (χ0v) is 9.24. The van der Waals surface area contributed by atoms with Gasteiger partial charge >= 0.3 is 5.97 Å². The second-order valence-corrected chi connectivity index (χ2v) is 3.64. The maximum atomic E-state index is 10.6. The Morgan fingerprint density at radius 3 is 1.75 bits per heavy atom. The standard InChI is InChI=1S/C6H8O2.C5H6O3/c1-4-5(7)2-3-6(4)8;1-3-4(6)2-8-5(3)7/h7H,2-3H2,1H3;6H,2H2,1H3. The molecule has 1 aliphatic carbocycles. The average molecular weight is 226 g/mol. The van der Waals surface area contributed by atoms with Crippen LogP contribution >= 0.6 is 0 Å². The molecule has 2 aliphatic rings. The van der Waals surface area contributed by atoms with Crippen molar-refractivity contribution in [2.24, 2.45) is 0 Å². The number of ketones is 1. The van der Waals surface area contributed by atoms with Crippen molar-refractivity contribution in [1.29, 1.82) is 0 Å². The lowest BCUT2D eigenvalue weighted by molar-refractivity contribution is -0.136. The summed E-state index contributed by atoms with van der Waals surface area (Å²) in [6.07, 6.45) is 1.04. The maximum absolute atomic E-state index is 10.6. The predicted molar refractivity (Wildman–Crippen MR) is 55.9 cm³/mol. The number of Topliss-reactive ketones (excluding diaryl/α,β-unsaturated/α-hetero) is 1. The molecule has 0 aromatic carbocycles. The molecule has 0 bridgehead atoms. The van der Waals surface area contributed by atoms with E-state index in [1.807, 2.05) is 0 Å². The van der Waals surface area contributed by atoms with E-state index < -0.39 is 5.97 Å². The zero-order valence-electron chi connectivity index (χ0n) is 9.24. The van der Waals surface area contributed by atoms with Crippen LogP contribution in [0.25, 0.3) is 0 Å². The summed E-state index contributed by atoms with van der Waals surface area (Å²) in [5.41, 5.74) is 0.870. The highest BCUT2D eigenvalue weighted by Crippen LogP contribution is 2.18. The van der Waals surface area contributed by atoms with E-state index in [-0.39, 0.29) is 23.9 Å². The summed E-state index contributed by atoms with van der Waals surface area (Å²) >= 11 is 0. The number of aliphatic hydroxyl groups excluding tert-OH is 2. The van der Waals surface area contributed by atoms with Crippen LogP contribution in [-0.2, 0) is 14.3 Å². The Morgan fingerprint density at radius 2 is 1.62 bits per heavy atom. The lowest BCUT2D eigenvalue weighted by Gasteiger charge is -1.85. The van der Waals surface area contributed by atoms with Crippen molar-refractivity contribution in [2.75, 3.05) is 6.61 Å². The van der Waals surface area contributed by atoms with Crippen molar-refractivity contribution in [3.05, 3.63) is 22.7 Å². The molecule has 0 amide bonds. The van der Waals surface area contributed by atoms with E-state index in [0.29, 0.717) is 24.0 Å². The van der Waals surface area contributed by atoms with Gasteiger partial charge in [-0.05, 0) is 13.8 Å². The van der Waals surface area contributed by atoms with Crippen LogP contribution in [0.1, 0.15) is 26.7 Å². The van der Waals surface area contributed by atoms with Crippen molar-refractivity contribution in [3.8, 4) is 0 Å². The monoisotopic (exact) mass is 226 g/mol. The summed E-state index contributed by atoms with van der Waals surface area (Å²) in [6, 6.07) is 0. The number of rotatable bonds is 0. The van der Waals surface area contributed by atoms with Crippen molar-refractivity contribution < 1.29 is 24.5 Å². The van der Waals surface area contributed by atoms with E-state index >= 15 is 0 Å². The number of allylic oxidation sites excluding steroid dienone is 2. The summed E-state index contributed by atoms with van der Waals surface area (Å²) in [6.45, 7) is 3.24. The fourth-order valence-corrected chi connectivity index (χ4v) is 1.24. The van der Waals surface area contributed by atoms with Gasteiger partial charge < -0.3 is 14.9 Å². The maximum Gasteiger partial charge on any atom is 0.337 e. The molecular weight excluding hydrogens is 212 g/mol. The van der Waals surface area contributed by atoms with E-state index in [1.54, 1.807) is 6.92 Å². The SMILES string of the molecule is CC1=C(O)CCC1=O.CC1=C(O)COC1=O. The van der Waals surface area contributed by atoms with Gasteiger partial charge in [0.1, 0.15) is 12.4 Å². The number of carbonyl (C=O) groups is 2. The molecule has 2 rings (SSSR count). The third-order valence-corrected chi connectivity index (χ3v) is 2.52. The molecule has 1 aliphatic heterocycles. The van der Waals surface area contributed by atoms with Gasteiger partial charge in [0.15, 0.2) is 5.78 Å². The fraction of sp³-hybridized carbons (Fsp3) is 0.455. The number of cyclic esters (lactones) is 1. The molecule has 5 nitrogen and oxygen atoms in total. The first-order chi connectivity index (χ1) is 7.43. The van der Waals surface area contributed by atoms with Crippen LogP contribution in [0.3, 0.4) is 0 Å². The van der Waals surface area contributed by atoms with E-state index in [0.717, 1.165) is 0 Å². The topological polar surface area (TPSA) is 83.8 Å². The zero-order chi connectivity index (χ0) is 12.3. The summed E-state index contributed by atoms with van der Waals surface area (Å²) in [5.74, 6) is -0.00463. The largest absolute Gasteiger partial charge is 0.512 e. The first kappa shape index (κ1) is 12.3. The quantitative estimate of drug-likeness (QED) is 0.612. The Balaban J connectivity index is 0.000000160. The van der Waals surface area contributed by atoms with E-state index in [4.69, 9.17) is 10.2 Å². The summed E-state index contributed by atoms with van der Waals surface area (Å²) in [7, 11) is 0. The molecule has 0 atom stereocenters. The molecule has 16 heavy (non-hydrogen) atoms. The number of carbonyl (C=O) groups excluding carboxylic acids is 2. The molecule has 1 heterocycles. The minimum absolute atomic E-state index is 0.0463. The van der Waals surface area contributed by atoms with Crippen molar-refractivity contribution in [2.45, 2.75) is 26.7 Å². The highest BCUT2D eigenvalue weighted by molar-refractivity contribution is 5.97. The smallest absolute Gasteiger partial charge is 0.337 e. The molecule has 0 aromatic rings. The molecule has 0 spiro atoms. The molecule has 0 unspecified atom stereocenters. The first-order valence-electron chi connectivity index (χ1n) is 4.91. The fourth-order valence-electron chi connectivity index (χ4n) is 1.24. The second kappa shape index (κ2) is 4.83. The van der Waals surface area contributed by atoms with Crippen LogP contribution in [0.2, 0.25) is 0 Å². The number of esters is 1. The summed E-state index contributed by atoms with van der Waals surface area (Å²) in [5, 5.41) is 17.5. The van der Waals surface area contributed by atoms with Crippen LogP contribution in [0.15, 0.2) is 22.7 Å². The molecule has 0 radical (unpaired) electrons. The second-order valence-electron chi connectivity index (χ2n) is 3.64. The van der Waals surface area contributed by atoms with Crippen molar-refractivity contribution in [3.63, 3.8) is 0 Å². The summed E-state index contributed by atoms with van der Waals surface area (Å²) in [4.78, 5) is 20.9. The Bertz CT molecular complexity index is 351. The van der Waals surface area contributed by atoms with Gasteiger partial charge in [-0.1, -0.05) is 0 Å². The molecule has 0 saturated heterocycles. The normalized spacial score (nSPS) is 19.9. The van der Waals surface area contributed by atoms with Crippen LogP contribution in [0.5, 0.6) is 0 Å². The molecule has 0 aromatic heterocycles. The third-order valence-electron chi connectivity index (χ3n) is 2.52. The average Bonchev–Trinajstić information content (AvgIpc) is 2.70. The predicted octanol–water partition coefficient (Wildman–Crippen LogP) is 1.56. The van der Waals surface area contributed by atoms with Crippen LogP contribution in [0, 0.1) is 0 Å². The highest BCUT2D eigenvalue weighted by atomic mass is 16.5. The molecule has 0 saturated carbocycles. The highest BCUT2D eigenvalue weighted by Gasteiger charge is 2.19. The van der Waals surface area contributed by atoms with Gasteiger partial charge in [-0.2, -0.15) is 0 Å². The lowest BCUT2D eigenvalue weighted by Crippen LogP contribution is -1.94. The van der Waals surface area contributed by atoms with Crippen LogP contribution in [0.4, 0.5) is 0 Å². The Hall–Kier alpha value is -1.78. The Morgan fingerprint density at radius 1 is 1.00 bits per heavy atom. The van der Waals surface area contributed by atoms with Crippen molar-refractivity contribution in [1.82, 2.24) is 0 Å². The minimum Gasteiger partial charge on any atom is -0.512 e. The van der Waals surface area contributed by atoms with Gasteiger partial charge in [0.2, 0.25) is 0 Å². The molecule has 88 valence electrons. The number of hydrogen-bond acceptors (Lipinski definition) is 5. The Labute approximate surface area is 93.0 Å². The van der Waals surface area contributed by atoms with E-state index in [9.17, 15) is 9.59 Å². The van der Waals surface area contributed by atoms with Gasteiger partial charge in [-0.15, -0.1) is 0 Å². The molecule has 2 N–H and O–H groups in total. The third kappa shape index (κ3) is 2.62. The number of ether oxygens (including phenoxy) is 1. The number of hydrogen-bond donors (Lipinski definition) is 2. The molecule has 5 heteroatoms. The van der Waals surface area contributed by atoms with Gasteiger partial charge in [0.25, 0.3) is 0 Å². The minimum atomic E-state index is -0.414. The lowest BCUT2D eigenvalue weighted by atomic mass is 10.2. The molecule has 0 fully saturated rings. The van der Waals surface area contributed by atoms with Crippen LogP contribution < -0.4 is 0 Å². The number of aliphatic hydroxyl groups is 2. The first-order valence-corrected chi connectivity index (χ1v) is 4.91. The van der Waals surface area contributed by atoms with Gasteiger partial charge in [-0.25, -0.2) is 4.79 Å². The van der Waals surface area contributed by atoms with Gasteiger partial charge in [0, 0.05) is 18.4 Å². The van der Waals surface area contributed by atoms with Gasteiger partial charge in [-0.3, -0.25) is 4.79 Å². The van der Waals surface area contributed by atoms with E-state index in [1.165, 1.54) is 6.92 Å². The van der Waals surface area contributed by atoms with Crippen molar-refractivity contribution >= 4 is 11.8 Å². The van der Waals surface area contributed by atoms with E-state index in [2.05, 4.69) is 4.74 Å². The Kier molecular flexibility index (Phi) is 3.71.